The molecule has 1 amide bonds. The molecule has 0 spiro atoms. The third kappa shape index (κ3) is 3.96. The zero-order valence-electron chi connectivity index (χ0n) is 10.8. The molecule has 0 aliphatic rings. The zero-order chi connectivity index (χ0) is 15.3. The van der Waals surface area contributed by atoms with Crippen molar-refractivity contribution < 1.29 is 18.0 Å². The van der Waals surface area contributed by atoms with Crippen molar-refractivity contribution in [1.29, 1.82) is 5.26 Å². The van der Waals surface area contributed by atoms with Crippen LogP contribution in [0.1, 0.15) is 30.9 Å². The van der Waals surface area contributed by atoms with E-state index in [-0.39, 0.29) is 5.69 Å². The smallest absolute Gasteiger partial charge is 0.325 e. The van der Waals surface area contributed by atoms with E-state index in [1.807, 2.05) is 6.92 Å². The Morgan fingerprint density at radius 3 is 2.65 bits per heavy atom. The van der Waals surface area contributed by atoms with E-state index in [0.29, 0.717) is 12.8 Å². The third-order valence-corrected chi connectivity index (χ3v) is 2.65. The van der Waals surface area contributed by atoms with Crippen molar-refractivity contribution in [3.05, 3.63) is 29.3 Å². The van der Waals surface area contributed by atoms with Crippen molar-refractivity contribution in [2.75, 3.05) is 5.32 Å². The van der Waals surface area contributed by atoms with Gasteiger partial charge in [-0.15, -0.1) is 0 Å². The Balaban J connectivity index is 2.99. The van der Waals surface area contributed by atoms with Gasteiger partial charge in [0.05, 0.1) is 23.2 Å². The van der Waals surface area contributed by atoms with Gasteiger partial charge in [0, 0.05) is 5.69 Å². The topological polar surface area (TPSA) is 78.9 Å². The summed E-state index contributed by atoms with van der Waals surface area (Å²) in [6.45, 7) is 1.84. The van der Waals surface area contributed by atoms with E-state index in [0.717, 1.165) is 12.1 Å². The summed E-state index contributed by atoms with van der Waals surface area (Å²) < 4.78 is 38.2. The number of anilines is 1. The highest BCUT2D eigenvalue weighted by Gasteiger charge is 2.34. The molecule has 3 N–H and O–H groups in total. The van der Waals surface area contributed by atoms with Crippen LogP contribution in [-0.4, -0.2) is 11.9 Å². The first-order chi connectivity index (χ1) is 9.29. The molecule has 0 aromatic heterocycles. The van der Waals surface area contributed by atoms with Crippen molar-refractivity contribution in [3.8, 4) is 6.07 Å². The second-order valence-corrected chi connectivity index (χ2v) is 4.25. The SMILES string of the molecule is CCC[C@H](N)C(=O)Nc1ccc(C#N)c(C(F)(F)F)c1. The van der Waals surface area contributed by atoms with Crippen LogP contribution in [0.5, 0.6) is 0 Å². The van der Waals surface area contributed by atoms with Crippen LogP contribution in [-0.2, 0) is 11.0 Å². The van der Waals surface area contributed by atoms with Gasteiger partial charge in [0.2, 0.25) is 5.91 Å². The lowest BCUT2D eigenvalue weighted by Gasteiger charge is -2.14. The summed E-state index contributed by atoms with van der Waals surface area (Å²) in [6.07, 6.45) is -3.53. The number of alkyl halides is 3. The summed E-state index contributed by atoms with van der Waals surface area (Å²) in [7, 11) is 0. The summed E-state index contributed by atoms with van der Waals surface area (Å²) in [4.78, 5) is 11.6. The normalized spacial score (nSPS) is 12.6. The van der Waals surface area contributed by atoms with E-state index in [2.05, 4.69) is 5.32 Å². The summed E-state index contributed by atoms with van der Waals surface area (Å²) >= 11 is 0. The van der Waals surface area contributed by atoms with E-state index < -0.39 is 29.3 Å². The van der Waals surface area contributed by atoms with Gasteiger partial charge >= 0.3 is 6.18 Å². The van der Waals surface area contributed by atoms with Crippen molar-refractivity contribution in [2.24, 2.45) is 5.73 Å². The highest BCUT2D eigenvalue weighted by molar-refractivity contribution is 5.94. The van der Waals surface area contributed by atoms with Crippen LogP contribution in [0.15, 0.2) is 18.2 Å². The average Bonchev–Trinajstić information content (AvgIpc) is 2.37. The van der Waals surface area contributed by atoms with Crippen LogP contribution < -0.4 is 11.1 Å². The number of carbonyl (C=O) groups excluding carboxylic acids is 1. The van der Waals surface area contributed by atoms with Gasteiger partial charge in [-0.25, -0.2) is 0 Å². The number of hydrogen-bond acceptors (Lipinski definition) is 3. The van der Waals surface area contributed by atoms with Crippen LogP contribution in [0.2, 0.25) is 0 Å². The Hall–Kier alpha value is -2.07. The number of amides is 1. The first-order valence-electron chi connectivity index (χ1n) is 5.97. The number of hydrogen-bond donors (Lipinski definition) is 2. The number of rotatable bonds is 4. The van der Waals surface area contributed by atoms with Gasteiger partial charge in [0.1, 0.15) is 0 Å². The van der Waals surface area contributed by atoms with Crippen molar-refractivity contribution >= 4 is 11.6 Å². The van der Waals surface area contributed by atoms with Crippen LogP contribution in [0.25, 0.3) is 0 Å². The van der Waals surface area contributed by atoms with E-state index in [1.54, 1.807) is 0 Å². The largest absolute Gasteiger partial charge is 0.417 e. The highest BCUT2D eigenvalue weighted by Crippen LogP contribution is 2.33. The van der Waals surface area contributed by atoms with Crippen molar-refractivity contribution in [2.45, 2.75) is 32.0 Å². The summed E-state index contributed by atoms with van der Waals surface area (Å²) in [6, 6.07) is 3.68. The molecule has 1 rings (SSSR count). The molecule has 20 heavy (non-hydrogen) atoms. The third-order valence-electron chi connectivity index (χ3n) is 2.65. The lowest BCUT2D eigenvalue weighted by atomic mass is 10.1. The van der Waals surface area contributed by atoms with Gasteiger partial charge in [-0.1, -0.05) is 13.3 Å². The monoisotopic (exact) mass is 285 g/mol. The second-order valence-electron chi connectivity index (χ2n) is 4.25. The van der Waals surface area contributed by atoms with Crippen molar-refractivity contribution in [3.63, 3.8) is 0 Å². The van der Waals surface area contributed by atoms with E-state index in [4.69, 9.17) is 11.0 Å². The molecular weight excluding hydrogens is 271 g/mol. The first-order valence-corrected chi connectivity index (χ1v) is 5.97. The molecule has 0 saturated carbocycles. The molecular formula is C13H14F3N3O. The van der Waals surface area contributed by atoms with E-state index >= 15 is 0 Å². The fourth-order valence-corrected chi connectivity index (χ4v) is 1.63. The number of benzene rings is 1. The molecule has 0 fully saturated rings. The lowest BCUT2D eigenvalue weighted by Crippen LogP contribution is -2.35. The number of halogens is 3. The molecule has 7 heteroatoms. The Bertz CT molecular complexity index is 535. The number of nitrogens with one attached hydrogen (secondary N) is 1. The molecule has 0 aliphatic heterocycles. The van der Waals surface area contributed by atoms with Crippen LogP contribution in [0.3, 0.4) is 0 Å². The minimum Gasteiger partial charge on any atom is -0.325 e. The summed E-state index contributed by atoms with van der Waals surface area (Å²) in [5.41, 5.74) is 3.96. The summed E-state index contributed by atoms with van der Waals surface area (Å²) in [5, 5.41) is 11.0. The Morgan fingerprint density at radius 1 is 1.50 bits per heavy atom. The van der Waals surface area contributed by atoms with E-state index in [9.17, 15) is 18.0 Å². The average molecular weight is 285 g/mol. The molecule has 0 radical (unpaired) electrons. The lowest BCUT2D eigenvalue weighted by molar-refractivity contribution is -0.137. The van der Waals surface area contributed by atoms with Gasteiger partial charge in [0.25, 0.3) is 0 Å². The second kappa shape index (κ2) is 6.39. The number of nitrogens with zero attached hydrogens (tertiary/aromatic N) is 1. The molecule has 1 atom stereocenters. The number of nitrogens with two attached hydrogens (primary N) is 1. The Morgan fingerprint density at radius 2 is 2.15 bits per heavy atom. The predicted octanol–water partition coefficient (Wildman–Crippen LogP) is 2.64. The maximum Gasteiger partial charge on any atom is 0.417 e. The maximum atomic E-state index is 12.7. The van der Waals surface area contributed by atoms with Gasteiger partial charge in [-0.3, -0.25) is 4.79 Å². The quantitative estimate of drug-likeness (QED) is 0.892. The Labute approximate surface area is 114 Å². The number of nitriles is 1. The molecule has 108 valence electrons. The first kappa shape index (κ1) is 16.0. The maximum absolute atomic E-state index is 12.7. The molecule has 0 bridgehead atoms. The van der Waals surface area contributed by atoms with Gasteiger partial charge in [0.15, 0.2) is 0 Å². The highest BCUT2D eigenvalue weighted by atomic mass is 19.4. The van der Waals surface area contributed by atoms with Crippen LogP contribution in [0, 0.1) is 11.3 Å². The van der Waals surface area contributed by atoms with Crippen LogP contribution >= 0.6 is 0 Å². The Kier molecular flexibility index (Phi) is 5.11. The van der Waals surface area contributed by atoms with Gasteiger partial charge in [-0.05, 0) is 24.6 Å². The zero-order valence-corrected chi connectivity index (χ0v) is 10.8. The minimum absolute atomic E-state index is 0.0344. The fraction of sp³-hybridized carbons (Fsp3) is 0.385. The van der Waals surface area contributed by atoms with Crippen molar-refractivity contribution in [1.82, 2.24) is 0 Å². The molecule has 0 heterocycles. The minimum atomic E-state index is -4.66. The molecule has 0 aliphatic carbocycles. The molecule has 0 unspecified atom stereocenters. The van der Waals surface area contributed by atoms with Gasteiger partial charge in [-0.2, -0.15) is 18.4 Å². The molecule has 1 aromatic carbocycles. The molecule has 4 nitrogen and oxygen atoms in total. The van der Waals surface area contributed by atoms with Crippen LogP contribution in [0.4, 0.5) is 18.9 Å². The standard InChI is InChI=1S/C13H14F3N3O/c1-2-3-11(18)12(20)19-9-5-4-8(7-17)10(6-9)13(14,15)16/h4-6,11H,2-3,18H2,1H3,(H,19,20)/t11-/m0/s1. The molecule has 0 saturated heterocycles. The molecule has 1 aromatic rings. The van der Waals surface area contributed by atoms with Gasteiger partial charge < -0.3 is 11.1 Å². The predicted molar refractivity (Wildman–Crippen MR) is 67.7 cm³/mol. The summed E-state index contributed by atoms with van der Waals surface area (Å²) in [5.74, 6) is -0.551. The number of carbonyl (C=O) groups is 1. The fourth-order valence-electron chi connectivity index (χ4n) is 1.63. The van der Waals surface area contributed by atoms with E-state index in [1.165, 1.54) is 12.1 Å².